The summed E-state index contributed by atoms with van der Waals surface area (Å²) < 4.78 is 5.29. The van der Waals surface area contributed by atoms with Crippen LogP contribution in [0.2, 0.25) is 0 Å². The van der Waals surface area contributed by atoms with Gasteiger partial charge in [-0.05, 0) is 73.3 Å². The first kappa shape index (κ1) is 16.6. The van der Waals surface area contributed by atoms with Crippen molar-refractivity contribution in [2.24, 2.45) is 0 Å². The molecule has 29 heavy (non-hydrogen) atoms. The number of rotatable bonds is 3. The summed E-state index contributed by atoms with van der Waals surface area (Å²) in [7, 11) is 0. The first-order valence-electron chi connectivity index (χ1n) is 10.2. The SMILES string of the molecule is c1cc(-c2ccoc2)c2cc(-c3n[nH]c4ccc(C5CCNCC5)cc34)[nH]c2c1. The monoisotopic (exact) mass is 382 g/mol. The van der Waals surface area contributed by atoms with Crippen molar-refractivity contribution in [3.8, 4) is 22.5 Å². The van der Waals surface area contributed by atoms with Crippen LogP contribution in [0.3, 0.4) is 0 Å². The third-order valence-electron chi connectivity index (χ3n) is 6.15. The van der Waals surface area contributed by atoms with Gasteiger partial charge in [0.05, 0.1) is 23.7 Å². The topological polar surface area (TPSA) is 69.6 Å². The molecule has 5 nitrogen and oxygen atoms in total. The van der Waals surface area contributed by atoms with Crippen molar-refractivity contribution < 1.29 is 4.42 Å². The fourth-order valence-corrected chi connectivity index (χ4v) is 4.60. The summed E-state index contributed by atoms with van der Waals surface area (Å²) in [5.74, 6) is 0.624. The summed E-state index contributed by atoms with van der Waals surface area (Å²) in [6, 6.07) is 17.3. The number of hydrogen-bond acceptors (Lipinski definition) is 3. The van der Waals surface area contributed by atoms with Crippen LogP contribution < -0.4 is 5.32 Å². The van der Waals surface area contributed by atoms with Gasteiger partial charge < -0.3 is 14.7 Å². The number of aromatic amines is 2. The Hall–Kier alpha value is -3.31. The number of nitrogens with zero attached hydrogens (tertiary/aromatic N) is 1. The van der Waals surface area contributed by atoms with Gasteiger partial charge in [-0.1, -0.05) is 18.2 Å². The lowest BCUT2D eigenvalue weighted by molar-refractivity contribution is 0.460. The largest absolute Gasteiger partial charge is 0.472 e. The summed E-state index contributed by atoms with van der Waals surface area (Å²) in [6.07, 6.45) is 5.89. The highest BCUT2D eigenvalue weighted by molar-refractivity contribution is 6.01. The van der Waals surface area contributed by atoms with E-state index in [9.17, 15) is 0 Å². The highest BCUT2D eigenvalue weighted by Crippen LogP contribution is 2.35. The molecule has 3 N–H and O–H groups in total. The third kappa shape index (κ3) is 2.77. The lowest BCUT2D eigenvalue weighted by Gasteiger charge is -2.23. The van der Waals surface area contributed by atoms with Crippen LogP contribution >= 0.6 is 0 Å². The fraction of sp³-hybridized carbons (Fsp3) is 0.208. The van der Waals surface area contributed by atoms with E-state index in [1.807, 2.05) is 6.07 Å². The average Bonchev–Trinajstić information content (AvgIpc) is 3.52. The molecule has 0 atom stereocenters. The Morgan fingerprint density at radius 1 is 0.931 bits per heavy atom. The summed E-state index contributed by atoms with van der Waals surface area (Å²) in [5, 5.41) is 13.7. The lowest BCUT2D eigenvalue weighted by atomic mass is 9.89. The number of benzene rings is 2. The normalized spacial score (nSPS) is 15.4. The predicted octanol–water partition coefficient (Wildman–Crippen LogP) is 5.44. The van der Waals surface area contributed by atoms with Gasteiger partial charge in [-0.15, -0.1) is 0 Å². The van der Waals surface area contributed by atoms with Gasteiger partial charge in [-0.3, -0.25) is 5.10 Å². The minimum atomic E-state index is 0.624. The average molecular weight is 382 g/mol. The first-order valence-corrected chi connectivity index (χ1v) is 10.2. The summed E-state index contributed by atoms with van der Waals surface area (Å²) in [6.45, 7) is 2.19. The number of piperidine rings is 1. The van der Waals surface area contributed by atoms with Crippen LogP contribution in [0.4, 0.5) is 0 Å². The molecular formula is C24H22N4O. The minimum absolute atomic E-state index is 0.624. The maximum absolute atomic E-state index is 5.29. The molecule has 1 aliphatic rings. The molecule has 5 aromatic rings. The molecule has 144 valence electrons. The van der Waals surface area contributed by atoms with Crippen molar-refractivity contribution in [1.29, 1.82) is 0 Å². The number of H-pyrrole nitrogens is 2. The molecule has 0 unspecified atom stereocenters. The Balaban J connectivity index is 1.48. The second-order valence-electron chi connectivity index (χ2n) is 7.86. The molecule has 1 saturated heterocycles. The zero-order valence-electron chi connectivity index (χ0n) is 16.0. The van der Waals surface area contributed by atoms with Gasteiger partial charge in [0.1, 0.15) is 5.69 Å². The van der Waals surface area contributed by atoms with E-state index in [1.54, 1.807) is 12.5 Å². The van der Waals surface area contributed by atoms with Crippen LogP contribution in [-0.2, 0) is 0 Å². The lowest BCUT2D eigenvalue weighted by Crippen LogP contribution is -2.26. The Morgan fingerprint density at radius 2 is 1.86 bits per heavy atom. The van der Waals surface area contributed by atoms with Crippen LogP contribution in [0.15, 0.2) is 65.5 Å². The number of hydrogen-bond donors (Lipinski definition) is 3. The molecule has 6 rings (SSSR count). The second kappa shape index (κ2) is 6.64. The van der Waals surface area contributed by atoms with Gasteiger partial charge in [0, 0.05) is 21.9 Å². The highest BCUT2D eigenvalue weighted by Gasteiger charge is 2.18. The van der Waals surface area contributed by atoms with E-state index in [0.29, 0.717) is 5.92 Å². The van der Waals surface area contributed by atoms with Crippen LogP contribution in [-0.4, -0.2) is 28.3 Å². The molecule has 2 aromatic carbocycles. The zero-order chi connectivity index (χ0) is 19.2. The number of nitrogens with one attached hydrogen (secondary N) is 3. The molecule has 0 aliphatic carbocycles. The van der Waals surface area contributed by atoms with E-state index in [0.717, 1.165) is 46.6 Å². The minimum Gasteiger partial charge on any atom is -0.472 e. The Morgan fingerprint density at radius 3 is 2.72 bits per heavy atom. The molecular weight excluding hydrogens is 360 g/mol. The van der Waals surface area contributed by atoms with Crippen molar-refractivity contribution >= 4 is 21.8 Å². The maximum Gasteiger partial charge on any atom is 0.116 e. The Bertz CT molecular complexity index is 1290. The number of aromatic nitrogens is 3. The molecule has 4 heterocycles. The standard InChI is InChI=1S/C24H22N4O/c1-2-18(17-8-11-29-14-17)19-13-23(26-21(19)3-1)24-20-12-16(4-5-22(20)27-28-24)15-6-9-25-10-7-15/h1-5,8,11-15,25-26H,6-7,9-10H2,(H,27,28). The molecule has 1 fully saturated rings. The van der Waals surface area contributed by atoms with Crippen LogP contribution in [0, 0.1) is 0 Å². The van der Waals surface area contributed by atoms with Crippen molar-refractivity contribution in [3.63, 3.8) is 0 Å². The van der Waals surface area contributed by atoms with E-state index >= 15 is 0 Å². The van der Waals surface area contributed by atoms with Gasteiger partial charge in [0.15, 0.2) is 0 Å². The molecule has 0 spiro atoms. The van der Waals surface area contributed by atoms with E-state index in [4.69, 9.17) is 4.42 Å². The molecule has 0 saturated carbocycles. The van der Waals surface area contributed by atoms with Crippen molar-refractivity contribution in [1.82, 2.24) is 20.5 Å². The van der Waals surface area contributed by atoms with Crippen molar-refractivity contribution in [2.75, 3.05) is 13.1 Å². The van der Waals surface area contributed by atoms with Gasteiger partial charge in [-0.2, -0.15) is 5.10 Å². The van der Waals surface area contributed by atoms with Crippen LogP contribution in [0.1, 0.15) is 24.3 Å². The van der Waals surface area contributed by atoms with E-state index in [-0.39, 0.29) is 0 Å². The van der Waals surface area contributed by atoms with E-state index in [2.05, 4.69) is 63.0 Å². The Labute approximate surface area is 168 Å². The molecule has 3 aromatic heterocycles. The number of fused-ring (bicyclic) bond motifs is 2. The van der Waals surface area contributed by atoms with Gasteiger partial charge in [0.25, 0.3) is 0 Å². The first-order chi connectivity index (χ1) is 14.4. The Kier molecular flexibility index (Phi) is 3.81. The van der Waals surface area contributed by atoms with Gasteiger partial charge >= 0.3 is 0 Å². The molecule has 0 bridgehead atoms. The predicted molar refractivity (Wildman–Crippen MR) is 116 cm³/mol. The molecule has 1 aliphatic heterocycles. The van der Waals surface area contributed by atoms with Gasteiger partial charge in [-0.25, -0.2) is 0 Å². The quantitative estimate of drug-likeness (QED) is 0.389. The van der Waals surface area contributed by atoms with E-state index < -0.39 is 0 Å². The van der Waals surface area contributed by atoms with Crippen LogP contribution in [0.5, 0.6) is 0 Å². The zero-order valence-corrected chi connectivity index (χ0v) is 16.0. The van der Waals surface area contributed by atoms with Crippen molar-refractivity contribution in [3.05, 3.63) is 66.6 Å². The van der Waals surface area contributed by atoms with Crippen molar-refractivity contribution in [2.45, 2.75) is 18.8 Å². The second-order valence-corrected chi connectivity index (χ2v) is 7.86. The van der Waals surface area contributed by atoms with Crippen LogP contribution in [0.25, 0.3) is 44.3 Å². The number of furan rings is 1. The molecule has 0 radical (unpaired) electrons. The summed E-state index contributed by atoms with van der Waals surface area (Å²) in [5.41, 5.74) is 7.85. The molecule has 5 heteroatoms. The third-order valence-corrected chi connectivity index (χ3v) is 6.15. The fourth-order valence-electron chi connectivity index (χ4n) is 4.60. The smallest absolute Gasteiger partial charge is 0.116 e. The van der Waals surface area contributed by atoms with Gasteiger partial charge in [0.2, 0.25) is 0 Å². The highest BCUT2D eigenvalue weighted by atomic mass is 16.3. The maximum atomic E-state index is 5.29. The van der Waals surface area contributed by atoms with E-state index in [1.165, 1.54) is 29.2 Å². The molecule has 0 amide bonds. The summed E-state index contributed by atoms with van der Waals surface area (Å²) in [4.78, 5) is 3.57. The summed E-state index contributed by atoms with van der Waals surface area (Å²) >= 11 is 0.